The summed E-state index contributed by atoms with van der Waals surface area (Å²) >= 11 is 1.32. The third-order valence-corrected chi connectivity index (χ3v) is 4.21. The zero-order valence-electron chi connectivity index (χ0n) is 12.3. The number of nitro benzene ring substituents is 1. The first-order valence-corrected chi connectivity index (χ1v) is 7.77. The van der Waals surface area contributed by atoms with Crippen LogP contribution in [0.1, 0.15) is 16.8 Å². The molecule has 0 aliphatic heterocycles. The number of benzene rings is 2. The fourth-order valence-electron chi connectivity index (χ4n) is 2.11. The Hall–Kier alpha value is -3.13. The molecule has 0 saturated carbocycles. The van der Waals surface area contributed by atoms with Gasteiger partial charge < -0.3 is 5.32 Å². The van der Waals surface area contributed by atoms with Gasteiger partial charge in [-0.25, -0.2) is 4.98 Å². The molecule has 1 N–H and O–H groups in total. The smallest absolute Gasteiger partial charge is 0.269 e. The lowest BCUT2D eigenvalue weighted by Gasteiger charge is -2.01. The number of carbonyl (C=O) groups is 2. The van der Waals surface area contributed by atoms with Crippen LogP contribution in [0.3, 0.4) is 0 Å². The highest BCUT2D eigenvalue weighted by atomic mass is 32.1. The summed E-state index contributed by atoms with van der Waals surface area (Å²) in [5, 5.41) is 13.6. The Balaban J connectivity index is 1.65. The largest absolute Gasteiger partial charge is 0.302 e. The van der Waals surface area contributed by atoms with Crippen molar-refractivity contribution in [1.29, 1.82) is 0 Å². The highest BCUT2D eigenvalue weighted by Crippen LogP contribution is 2.25. The van der Waals surface area contributed by atoms with Crippen LogP contribution >= 0.6 is 11.3 Å². The molecule has 0 aliphatic rings. The van der Waals surface area contributed by atoms with Gasteiger partial charge in [0, 0.05) is 17.7 Å². The van der Waals surface area contributed by atoms with E-state index in [0.29, 0.717) is 5.13 Å². The van der Waals surface area contributed by atoms with Gasteiger partial charge in [0.25, 0.3) is 5.69 Å². The molecule has 3 rings (SSSR count). The van der Waals surface area contributed by atoms with Crippen LogP contribution in [0.5, 0.6) is 0 Å². The topological polar surface area (TPSA) is 102 Å². The normalized spacial score (nSPS) is 10.5. The number of anilines is 1. The molecular weight excluding hydrogens is 330 g/mol. The van der Waals surface area contributed by atoms with E-state index >= 15 is 0 Å². The van der Waals surface area contributed by atoms with Crippen LogP contribution in [-0.2, 0) is 4.79 Å². The highest BCUT2D eigenvalue weighted by molar-refractivity contribution is 7.22. The number of nitrogens with zero attached hydrogens (tertiary/aromatic N) is 2. The zero-order valence-corrected chi connectivity index (χ0v) is 13.1. The van der Waals surface area contributed by atoms with Gasteiger partial charge in [-0.15, -0.1) is 0 Å². The molecule has 1 aromatic heterocycles. The summed E-state index contributed by atoms with van der Waals surface area (Å²) in [5.41, 5.74) is 0.921. The molecule has 0 unspecified atom stereocenters. The molecule has 7 nitrogen and oxygen atoms in total. The molecule has 0 atom stereocenters. The van der Waals surface area contributed by atoms with E-state index in [4.69, 9.17) is 0 Å². The van der Waals surface area contributed by atoms with E-state index in [1.165, 1.54) is 35.6 Å². The van der Waals surface area contributed by atoms with E-state index in [-0.39, 0.29) is 17.7 Å². The summed E-state index contributed by atoms with van der Waals surface area (Å²) in [7, 11) is 0. The van der Waals surface area contributed by atoms with Crippen molar-refractivity contribution in [2.24, 2.45) is 0 Å². The SMILES string of the molecule is O=C(CC(=O)c1ccc([N+](=O)[O-])cc1)Nc1nc2ccccc2s1. The van der Waals surface area contributed by atoms with Crippen LogP contribution in [0.4, 0.5) is 10.8 Å². The number of amides is 1. The van der Waals surface area contributed by atoms with Gasteiger partial charge in [0.2, 0.25) is 5.91 Å². The van der Waals surface area contributed by atoms with E-state index in [1.54, 1.807) is 0 Å². The first-order valence-electron chi connectivity index (χ1n) is 6.96. The Kier molecular flexibility index (Phi) is 4.30. The number of fused-ring (bicyclic) bond motifs is 1. The number of para-hydroxylation sites is 1. The lowest BCUT2D eigenvalue weighted by molar-refractivity contribution is -0.384. The number of nitro groups is 1. The fraction of sp³-hybridized carbons (Fsp3) is 0.0625. The van der Waals surface area contributed by atoms with Gasteiger partial charge in [-0.05, 0) is 24.3 Å². The minimum Gasteiger partial charge on any atom is -0.302 e. The van der Waals surface area contributed by atoms with Gasteiger partial charge in [0.15, 0.2) is 10.9 Å². The molecule has 1 heterocycles. The van der Waals surface area contributed by atoms with Crippen molar-refractivity contribution in [3.63, 3.8) is 0 Å². The number of nitrogens with one attached hydrogen (secondary N) is 1. The molecule has 0 spiro atoms. The van der Waals surface area contributed by atoms with Gasteiger partial charge in [-0.3, -0.25) is 19.7 Å². The zero-order chi connectivity index (χ0) is 17.1. The van der Waals surface area contributed by atoms with Crippen LogP contribution in [0.15, 0.2) is 48.5 Å². The van der Waals surface area contributed by atoms with Gasteiger partial charge in [0.1, 0.15) is 0 Å². The first-order chi connectivity index (χ1) is 11.5. The minimum atomic E-state index is -0.548. The quantitative estimate of drug-likeness (QED) is 0.331. The molecular formula is C16H11N3O4S. The molecule has 8 heteroatoms. The first kappa shape index (κ1) is 15.8. The average Bonchev–Trinajstić information content (AvgIpc) is 2.96. The molecule has 0 bridgehead atoms. The van der Waals surface area contributed by atoms with Gasteiger partial charge in [-0.1, -0.05) is 23.5 Å². The summed E-state index contributed by atoms with van der Waals surface area (Å²) in [6, 6.07) is 12.6. The number of aromatic nitrogens is 1. The van der Waals surface area contributed by atoms with Crippen molar-refractivity contribution >= 4 is 44.1 Å². The maximum absolute atomic E-state index is 12.1. The minimum absolute atomic E-state index is 0.106. The Morgan fingerprint density at radius 3 is 2.50 bits per heavy atom. The third kappa shape index (κ3) is 3.44. The van der Waals surface area contributed by atoms with Crippen LogP contribution in [-0.4, -0.2) is 21.6 Å². The van der Waals surface area contributed by atoms with E-state index in [1.807, 2.05) is 24.3 Å². The number of ketones is 1. The molecule has 0 radical (unpaired) electrons. The van der Waals surface area contributed by atoms with Crippen molar-refractivity contribution < 1.29 is 14.5 Å². The van der Waals surface area contributed by atoms with E-state index in [2.05, 4.69) is 10.3 Å². The molecule has 1 amide bonds. The Morgan fingerprint density at radius 1 is 1.12 bits per heavy atom. The van der Waals surface area contributed by atoms with Crippen molar-refractivity contribution in [2.75, 3.05) is 5.32 Å². The number of non-ortho nitro benzene ring substituents is 1. The number of carbonyl (C=O) groups excluding carboxylic acids is 2. The maximum Gasteiger partial charge on any atom is 0.269 e. The monoisotopic (exact) mass is 341 g/mol. The second kappa shape index (κ2) is 6.55. The highest BCUT2D eigenvalue weighted by Gasteiger charge is 2.15. The van der Waals surface area contributed by atoms with E-state index < -0.39 is 16.6 Å². The molecule has 2 aromatic carbocycles. The molecule has 3 aromatic rings. The predicted molar refractivity (Wildman–Crippen MR) is 90.3 cm³/mol. The Labute approximate surface area is 140 Å². The Morgan fingerprint density at radius 2 is 1.83 bits per heavy atom. The van der Waals surface area contributed by atoms with E-state index in [9.17, 15) is 19.7 Å². The van der Waals surface area contributed by atoms with E-state index in [0.717, 1.165) is 10.2 Å². The Bertz CT molecular complexity index is 901. The van der Waals surface area contributed by atoms with Gasteiger partial charge in [0.05, 0.1) is 21.6 Å². The standard InChI is InChI=1S/C16H11N3O4S/c20-13(10-5-7-11(8-6-10)19(22)23)9-15(21)18-16-17-12-3-1-2-4-14(12)24-16/h1-8H,9H2,(H,17,18,21). The van der Waals surface area contributed by atoms with Crippen molar-refractivity contribution in [3.05, 3.63) is 64.2 Å². The molecule has 120 valence electrons. The number of hydrogen-bond acceptors (Lipinski definition) is 6. The maximum atomic E-state index is 12.1. The van der Waals surface area contributed by atoms with Crippen molar-refractivity contribution in [1.82, 2.24) is 4.98 Å². The summed E-state index contributed by atoms with van der Waals surface area (Å²) in [6.07, 6.45) is -0.353. The third-order valence-electron chi connectivity index (χ3n) is 3.26. The molecule has 0 saturated heterocycles. The van der Waals surface area contributed by atoms with Crippen molar-refractivity contribution in [2.45, 2.75) is 6.42 Å². The summed E-state index contributed by atoms with van der Waals surface area (Å²) < 4.78 is 0.939. The second-order valence-electron chi connectivity index (χ2n) is 4.94. The lowest BCUT2D eigenvalue weighted by Crippen LogP contribution is -2.16. The van der Waals surface area contributed by atoms with Crippen LogP contribution in [0, 0.1) is 10.1 Å². The van der Waals surface area contributed by atoms with Gasteiger partial charge >= 0.3 is 0 Å². The summed E-state index contributed by atoms with van der Waals surface area (Å²) in [5.74, 6) is -0.888. The number of Topliss-reactive ketones (excluding diaryl/α,β-unsaturated/α-hetero) is 1. The second-order valence-corrected chi connectivity index (χ2v) is 5.97. The predicted octanol–water partition coefficient (Wildman–Crippen LogP) is 3.42. The number of hydrogen-bond donors (Lipinski definition) is 1. The fourth-order valence-corrected chi connectivity index (χ4v) is 2.99. The number of thiazole rings is 1. The van der Waals surface area contributed by atoms with Crippen LogP contribution in [0.2, 0.25) is 0 Å². The summed E-state index contributed by atoms with van der Waals surface area (Å²) in [6.45, 7) is 0. The lowest BCUT2D eigenvalue weighted by atomic mass is 10.1. The number of rotatable bonds is 5. The van der Waals surface area contributed by atoms with Gasteiger partial charge in [-0.2, -0.15) is 0 Å². The molecule has 24 heavy (non-hydrogen) atoms. The average molecular weight is 341 g/mol. The van der Waals surface area contributed by atoms with Crippen LogP contribution in [0.25, 0.3) is 10.2 Å². The van der Waals surface area contributed by atoms with Crippen LogP contribution < -0.4 is 5.32 Å². The molecule has 0 aliphatic carbocycles. The summed E-state index contributed by atoms with van der Waals surface area (Å²) in [4.78, 5) is 38.3. The van der Waals surface area contributed by atoms with Crippen molar-refractivity contribution in [3.8, 4) is 0 Å². The molecule has 0 fully saturated rings.